The van der Waals surface area contributed by atoms with Crippen LogP contribution in [0.25, 0.3) is 6.08 Å². The van der Waals surface area contributed by atoms with Crippen molar-refractivity contribution in [1.82, 2.24) is 4.98 Å². The molecule has 1 aromatic heterocycles. The smallest absolute Gasteiger partial charge is 0.179 e. The number of halogens is 1. The lowest BCUT2D eigenvalue weighted by Gasteiger charge is -1.95. The predicted molar refractivity (Wildman–Crippen MR) is 46.6 cm³/mol. The molecule has 1 aliphatic heterocycles. The molecule has 3 nitrogen and oxygen atoms in total. The highest BCUT2D eigenvalue weighted by molar-refractivity contribution is 6.07. The maximum absolute atomic E-state index is 10.8. The van der Waals surface area contributed by atoms with Crippen molar-refractivity contribution in [3.63, 3.8) is 0 Å². The molecule has 0 saturated heterocycles. The second kappa shape index (κ2) is 3.45. The van der Waals surface area contributed by atoms with Crippen molar-refractivity contribution >= 4 is 24.3 Å². The Morgan fingerprint density at radius 3 is 3.08 bits per heavy atom. The Balaban J connectivity index is 0.000000720. The molecule has 12 heavy (non-hydrogen) atoms. The van der Waals surface area contributed by atoms with Gasteiger partial charge in [0.2, 0.25) is 0 Å². The van der Waals surface area contributed by atoms with Crippen LogP contribution in [0.15, 0.2) is 23.3 Å². The van der Waals surface area contributed by atoms with Gasteiger partial charge in [0, 0.05) is 12.3 Å². The maximum atomic E-state index is 10.8. The molecule has 4 heteroatoms. The molecule has 0 unspecified atom stereocenters. The minimum absolute atomic E-state index is 0. The number of aromatic nitrogens is 1. The van der Waals surface area contributed by atoms with Gasteiger partial charge in [0.15, 0.2) is 5.78 Å². The predicted octanol–water partition coefficient (Wildman–Crippen LogP) is -0.514. The van der Waals surface area contributed by atoms with E-state index >= 15 is 0 Å². The summed E-state index contributed by atoms with van der Waals surface area (Å²) in [7, 11) is 0. The summed E-state index contributed by atoms with van der Waals surface area (Å²) in [5, 5.41) is 1.50. The van der Waals surface area contributed by atoms with Gasteiger partial charge in [0.1, 0.15) is 6.54 Å². The molecule has 1 aliphatic rings. The topological polar surface area (TPSA) is 42.3 Å². The van der Waals surface area contributed by atoms with Gasteiger partial charge in [-0.25, -0.2) is 0 Å². The number of Topliss-reactive ketones (excluding diaryl/α,β-unsaturated/α-hetero) is 1. The second-order valence-electron chi connectivity index (χ2n) is 2.33. The van der Waals surface area contributed by atoms with Gasteiger partial charge in [0.05, 0.1) is 10.7 Å². The number of ketones is 1. The van der Waals surface area contributed by atoms with Crippen LogP contribution in [0, 0.1) is 0 Å². The van der Waals surface area contributed by atoms with Crippen molar-refractivity contribution in [1.29, 1.82) is 0 Å². The molecule has 1 aromatic rings. The normalized spacial score (nSPS) is 13.5. The molecular weight excluding hydrogens is 176 g/mol. The molecule has 0 aliphatic carbocycles. The Hall–Kier alpha value is -1.22. The highest BCUT2D eigenvalue weighted by Crippen LogP contribution is 1.79. The minimum Gasteiger partial charge on any atom is -0.293 e. The number of rotatable bonds is 0. The van der Waals surface area contributed by atoms with Crippen molar-refractivity contribution in [2.24, 2.45) is 4.99 Å². The fourth-order valence-corrected chi connectivity index (χ4v) is 1.02. The largest absolute Gasteiger partial charge is 0.293 e. The van der Waals surface area contributed by atoms with Gasteiger partial charge < -0.3 is 0 Å². The zero-order valence-corrected chi connectivity index (χ0v) is 7.04. The van der Waals surface area contributed by atoms with Gasteiger partial charge in [-0.2, -0.15) is 0 Å². The standard InChI is InChI=1S/C8H6N2O.ClH/c11-6-4-8-7(10-5-6)2-1-3-9-8;/h1-4H,5H2;1H. The van der Waals surface area contributed by atoms with E-state index in [2.05, 4.69) is 9.98 Å². The van der Waals surface area contributed by atoms with Gasteiger partial charge in [0.25, 0.3) is 0 Å². The summed E-state index contributed by atoms with van der Waals surface area (Å²) in [6, 6.07) is 3.66. The Kier molecular flexibility index (Phi) is 2.55. The molecule has 0 radical (unpaired) electrons. The van der Waals surface area contributed by atoms with Crippen molar-refractivity contribution in [2.75, 3.05) is 6.54 Å². The number of fused-ring (bicyclic) bond motifs is 1. The lowest BCUT2D eigenvalue weighted by molar-refractivity contribution is -0.112. The number of pyridine rings is 1. The number of nitrogens with zero attached hydrogens (tertiary/aromatic N) is 2. The molecule has 0 saturated carbocycles. The van der Waals surface area contributed by atoms with Crippen LogP contribution in [0.2, 0.25) is 0 Å². The molecule has 2 rings (SSSR count). The van der Waals surface area contributed by atoms with E-state index < -0.39 is 0 Å². The monoisotopic (exact) mass is 182 g/mol. The first-order valence-corrected chi connectivity index (χ1v) is 3.36. The first kappa shape index (κ1) is 8.87. The summed E-state index contributed by atoms with van der Waals surface area (Å²) in [6.07, 6.45) is 3.19. The van der Waals surface area contributed by atoms with E-state index in [9.17, 15) is 4.79 Å². The van der Waals surface area contributed by atoms with Crippen LogP contribution in [-0.4, -0.2) is 17.3 Å². The second-order valence-corrected chi connectivity index (χ2v) is 2.33. The van der Waals surface area contributed by atoms with Crippen LogP contribution in [0.1, 0.15) is 0 Å². The molecule has 0 N–H and O–H groups in total. The Morgan fingerprint density at radius 1 is 1.42 bits per heavy atom. The summed E-state index contributed by atoms with van der Waals surface area (Å²) >= 11 is 0. The summed E-state index contributed by atoms with van der Waals surface area (Å²) < 4.78 is 0. The highest BCUT2D eigenvalue weighted by Gasteiger charge is 2.00. The molecular formula is C8H7ClN2O. The summed E-state index contributed by atoms with van der Waals surface area (Å²) in [6.45, 7) is 0.263. The quantitative estimate of drug-likeness (QED) is 0.542. The Morgan fingerprint density at radius 2 is 2.25 bits per heavy atom. The van der Waals surface area contributed by atoms with E-state index in [1.165, 1.54) is 6.08 Å². The zero-order valence-electron chi connectivity index (χ0n) is 6.23. The third kappa shape index (κ3) is 1.51. The Labute approximate surface area is 75.3 Å². The van der Waals surface area contributed by atoms with Crippen LogP contribution in [0.4, 0.5) is 0 Å². The lowest BCUT2D eigenvalue weighted by atomic mass is 10.3. The van der Waals surface area contributed by atoms with E-state index in [1.807, 2.05) is 12.1 Å². The van der Waals surface area contributed by atoms with Crippen molar-refractivity contribution in [3.05, 3.63) is 29.0 Å². The number of hydrogen-bond donors (Lipinski definition) is 0. The molecule has 62 valence electrons. The number of carbonyl (C=O) groups excluding carboxylic acids is 1. The van der Waals surface area contributed by atoms with Crippen LogP contribution in [0.3, 0.4) is 0 Å². The number of hydrogen-bond acceptors (Lipinski definition) is 3. The molecule has 0 fully saturated rings. The van der Waals surface area contributed by atoms with Crippen molar-refractivity contribution < 1.29 is 4.79 Å². The molecule has 0 amide bonds. The summed E-state index contributed by atoms with van der Waals surface area (Å²) in [5.74, 6) is 0.0243. The van der Waals surface area contributed by atoms with E-state index in [1.54, 1.807) is 6.20 Å². The average molecular weight is 183 g/mol. The average Bonchev–Trinajstić information content (AvgIpc) is 2.04. The Bertz CT molecular complexity index is 413. The minimum atomic E-state index is 0. The van der Waals surface area contributed by atoms with Crippen LogP contribution in [0.5, 0.6) is 0 Å². The fraction of sp³-hybridized carbons (Fsp3) is 0.125. The molecule has 0 atom stereocenters. The van der Waals surface area contributed by atoms with Crippen LogP contribution < -0.4 is 10.7 Å². The lowest BCUT2D eigenvalue weighted by Crippen LogP contribution is -2.33. The summed E-state index contributed by atoms with van der Waals surface area (Å²) in [4.78, 5) is 18.9. The van der Waals surface area contributed by atoms with Crippen molar-refractivity contribution in [3.8, 4) is 0 Å². The molecule has 2 heterocycles. The molecule has 0 aromatic carbocycles. The molecule has 0 spiro atoms. The fourth-order valence-electron chi connectivity index (χ4n) is 1.02. The highest BCUT2D eigenvalue weighted by atomic mass is 35.5. The summed E-state index contributed by atoms with van der Waals surface area (Å²) in [5.41, 5.74) is 0. The van der Waals surface area contributed by atoms with E-state index in [0.29, 0.717) is 5.35 Å². The van der Waals surface area contributed by atoms with Gasteiger partial charge in [-0.15, -0.1) is 12.4 Å². The van der Waals surface area contributed by atoms with Gasteiger partial charge in [-0.3, -0.25) is 14.8 Å². The third-order valence-electron chi connectivity index (χ3n) is 1.52. The van der Waals surface area contributed by atoms with Crippen LogP contribution in [-0.2, 0) is 4.79 Å². The van der Waals surface area contributed by atoms with Gasteiger partial charge in [-0.1, -0.05) is 0 Å². The maximum Gasteiger partial charge on any atom is 0.179 e. The molecule has 0 bridgehead atoms. The first-order chi connectivity index (χ1) is 5.36. The number of carbonyl (C=O) groups is 1. The zero-order chi connectivity index (χ0) is 7.68. The first-order valence-electron chi connectivity index (χ1n) is 3.36. The van der Waals surface area contributed by atoms with Gasteiger partial charge >= 0.3 is 0 Å². The third-order valence-corrected chi connectivity index (χ3v) is 1.52. The van der Waals surface area contributed by atoms with E-state index in [0.717, 1.165) is 5.36 Å². The van der Waals surface area contributed by atoms with Crippen molar-refractivity contribution in [2.45, 2.75) is 0 Å². The van der Waals surface area contributed by atoms with Crippen LogP contribution >= 0.6 is 12.4 Å². The van der Waals surface area contributed by atoms with E-state index in [-0.39, 0.29) is 24.7 Å². The van der Waals surface area contributed by atoms with E-state index in [4.69, 9.17) is 0 Å². The SMILES string of the molecule is Cl.O=C1C=c2ncccc2=NC1. The van der Waals surface area contributed by atoms with Gasteiger partial charge in [-0.05, 0) is 12.1 Å².